The van der Waals surface area contributed by atoms with Crippen molar-refractivity contribution in [3.05, 3.63) is 35.9 Å². The van der Waals surface area contributed by atoms with Crippen molar-refractivity contribution in [3.63, 3.8) is 0 Å². The maximum absolute atomic E-state index is 5.95. The lowest BCUT2D eigenvalue weighted by atomic mass is 10.1. The number of guanidine groups is 1. The Morgan fingerprint density at radius 2 is 1.77 bits per heavy atom. The van der Waals surface area contributed by atoms with Crippen LogP contribution in [0.1, 0.15) is 39.3 Å². The van der Waals surface area contributed by atoms with E-state index in [2.05, 4.69) is 73.2 Å². The fraction of sp³-hybridized carbons (Fsp3) is 0.588. The zero-order valence-electron chi connectivity index (χ0n) is 14.2. The lowest BCUT2D eigenvalue weighted by Gasteiger charge is -2.30. The molecule has 0 aliphatic heterocycles. The lowest BCUT2D eigenvalue weighted by Crippen LogP contribution is -2.41. The molecule has 1 rings (SSSR count). The smallest absolute Gasteiger partial charge is 0.188 e. The van der Waals surface area contributed by atoms with Crippen LogP contribution in [0.4, 0.5) is 0 Å². The van der Waals surface area contributed by atoms with E-state index in [0.29, 0.717) is 17.9 Å². The molecule has 1 unspecified atom stereocenters. The number of halogens is 1. The molecule has 1 aromatic rings. The molecule has 0 aliphatic carbocycles. The van der Waals surface area contributed by atoms with Crippen LogP contribution in [0.3, 0.4) is 0 Å². The van der Waals surface area contributed by atoms with E-state index in [4.69, 9.17) is 5.73 Å². The van der Waals surface area contributed by atoms with E-state index in [1.807, 2.05) is 0 Å². The molecule has 4 nitrogen and oxygen atoms in total. The van der Waals surface area contributed by atoms with E-state index in [1.165, 1.54) is 5.56 Å². The Labute approximate surface area is 152 Å². The van der Waals surface area contributed by atoms with E-state index in [1.54, 1.807) is 0 Å². The number of aliphatic imine (C=N–C) groups is 1. The van der Waals surface area contributed by atoms with Crippen LogP contribution in [-0.4, -0.2) is 37.0 Å². The highest BCUT2D eigenvalue weighted by Crippen LogP contribution is 2.19. The summed E-state index contributed by atoms with van der Waals surface area (Å²) in [4.78, 5) is 6.79. The third-order valence-corrected chi connectivity index (χ3v) is 3.54. The van der Waals surface area contributed by atoms with Crippen molar-refractivity contribution in [2.24, 2.45) is 16.6 Å². The first-order valence-electron chi connectivity index (χ1n) is 7.91. The van der Waals surface area contributed by atoms with Crippen molar-refractivity contribution in [1.29, 1.82) is 0 Å². The molecule has 0 spiro atoms. The monoisotopic (exact) mass is 418 g/mol. The minimum atomic E-state index is 0. The van der Waals surface area contributed by atoms with E-state index in [9.17, 15) is 0 Å². The number of nitrogens with one attached hydrogen (secondary N) is 1. The van der Waals surface area contributed by atoms with E-state index in [0.717, 1.165) is 26.2 Å². The lowest BCUT2D eigenvalue weighted by molar-refractivity contribution is 0.219. The summed E-state index contributed by atoms with van der Waals surface area (Å²) in [6.07, 6.45) is 0. The van der Waals surface area contributed by atoms with Gasteiger partial charge in [0.05, 0.1) is 6.04 Å². The number of hydrogen-bond acceptors (Lipinski definition) is 2. The van der Waals surface area contributed by atoms with Crippen molar-refractivity contribution in [1.82, 2.24) is 10.2 Å². The topological polar surface area (TPSA) is 53.6 Å². The molecule has 1 atom stereocenters. The molecule has 0 saturated heterocycles. The summed E-state index contributed by atoms with van der Waals surface area (Å²) >= 11 is 0. The summed E-state index contributed by atoms with van der Waals surface area (Å²) in [5.41, 5.74) is 7.26. The van der Waals surface area contributed by atoms with Gasteiger partial charge in [-0.15, -0.1) is 24.0 Å². The van der Waals surface area contributed by atoms with Gasteiger partial charge in [-0.25, -0.2) is 0 Å². The quantitative estimate of drug-likeness (QED) is 0.387. The molecule has 0 bridgehead atoms. The van der Waals surface area contributed by atoms with Gasteiger partial charge in [-0.1, -0.05) is 58.0 Å². The van der Waals surface area contributed by atoms with Gasteiger partial charge in [-0.05, 0) is 24.6 Å². The number of nitrogens with zero attached hydrogens (tertiary/aromatic N) is 2. The molecule has 0 fully saturated rings. The van der Waals surface area contributed by atoms with Crippen LogP contribution >= 0.6 is 24.0 Å². The second kappa shape index (κ2) is 11.7. The Morgan fingerprint density at radius 1 is 1.18 bits per heavy atom. The van der Waals surface area contributed by atoms with E-state index < -0.39 is 0 Å². The maximum atomic E-state index is 5.95. The minimum absolute atomic E-state index is 0. The van der Waals surface area contributed by atoms with Crippen LogP contribution in [-0.2, 0) is 0 Å². The number of nitrogens with two attached hydrogens (primary N) is 1. The van der Waals surface area contributed by atoms with E-state index in [-0.39, 0.29) is 24.0 Å². The third kappa shape index (κ3) is 7.45. The Morgan fingerprint density at radius 3 is 2.27 bits per heavy atom. The summed E-state index contributed by atoms with van der Waals surface area (Å²) in [7, 11) is 0. The van der Waals surface area contributed by atoms with E-state index >= 15 is 0 Å². The van der Waals surface area contributed by atoms with Crippen molar-refractivity contribution in [2.75, 3.05) is 26.2 Å². The van der Waals surface area contributed by atoms with Gasteiger partial charge in [0.25, 0.3) is 0 Å². The first kappa shape index (κ1) is 21.2. The molecule has 5 heteroatoms. The highest BCUT2D eigenvalue weighted by atomic mass is 127. The van der Waals surface area contributed by atoms with Crippen molar-refractivity contribution in [2.45, 2.75) is 33.7 Å². The Hall–Kier alpha value is -0.820. The molecule has 126 valence electrons. The second-order valence-electron chi connectivity index (χ2n) is 5.65. The number of benzene rings is 1. The Bertz CT molecular complexity index is 416. The first-order chi connectivity index (χ1) is 10.1. The summed E-state index contributed by atoms with van der Waals surface area (Å²) in [5, 5.41) is 3.27. The number of hydrogen-bond donors (Lipinski definition) is 2. The summed E-state index contributed by atoms with van der Waals surface area (Å²) in [6, 6.07) is 10.9. The van der Waals surface area contributed by atoms with Gasteiger partial charge in [-0.2, -0.15) is 0 Å². The molecular formula is C17H31IN4. The molecule has 1 aromatic carbocycles. The van der Waals surface area contributed by atoms with Gasteiger partial charge in [-0.3, -0.25) is 9.89 Å². The third-order valence-electron chi connectivity index (χ3n) is 3.54. The molecule has 0 aromatic heterocycles. The van der Waals surface area contributed by atoms with Crippen molar-refractivity contribution in [3.8, 4) is 0 Å². The molecule has 0 radical (unpaired) electrons. The predicted molar refractivity (Wildman–Crippen MR) is 107 cm³/mol. The van der Waals surface area contributed by atoms with Crippen LogP contribution < -0.4 is 11.1 Å². The van der Waals surface area contributed by atoms with Crippen LogP contribution in [0.2, 0.25) is 0 Å². The fourth-order valence-electron chi connectivity index (χ4n) is 2.34. The van der Waals surface area contributed by atoms with Gasteiger partial charge in [0.1, 0.15) is 0 Å². The SMILES string of the molecule is CCN(CC)C(CNC(N)=NCC(C)C)c1ccccc1.I. The van der Waals surface area contributed by atoms with Crippen LogP contribution in [0.25, 0.3) is 0 Å². The summed E-state index contributed by atoms with van der Waals surface area (Å²) in [6.45, 7) is 12.2. The molecule has 0 aliphatic rings. The predicted octanol–water partition coefficient (Wildman–Crippen LogP) is 3.25. The molecule has 22 heavy (non-hydrogen) atoms. The van der Waals surface area contributed by atoms with Gasteiger partial charge < -0.3 is 11.1 Å². The van der Waals surface area contributed by atoms with Crippen molar-refractivity contribution < 1.29 is 0 Å². The van der Waals surface area contributed by atoms with Crippen LogP contribution in [0, 0.1) is 5.92 Å². The van der Waals surface area contributed by atoms with Gasteiger partial charge >= 0.3 is 0 Å². The molecular weight excluding hydrogens is 387 g/mol. The molecule has 3 N–H and O–H groups in total. The standard InChI is InChI=1S/C17H30N4.HI/c1-5-21(6-2)16(15-10-8-7-9-11-15)13-20-17(18)19-12-14(3)4;/h7-11,14,16H,5-6,12-13H2,1-4H3,(H3,18,19,20);1H. The maximum Gasteiger partial charge on any atom is 0.188 e. The second-order valence-corrected chi connectivity index (χ2v) is 5.65. The highest BCUT2D eigenvalue weighted by Gasteiger charge is 2.17. The Kier molecular flexibility index (Phi) is 11.3. The van der Waals surface area contributed by atoms with Crippen LogP contribution in [0.15, 0.2) is 35.3 Å². The minimum Gasteiger partial charge on any atom is -0.370 e. The summed E-state index contributed by atoms with van der Waals surface area (Å²) in [5.74, 6) is 1.06. The molecule has 0 heterocycles. The van der Waals surface area contributed by atoms with Gasteiger partial charge in [0.15, 0.2) is 5.96 Å². The average molecular weight is 418 g/mol. The average Bonchev–Trinajstić information content (AvgIpc) is 2.50. The van der Waals surface area contributed by atoms with Crippen LogP contribution in [0.5, 0.6) is 0 Å². The highest BCUT2D eigenvalue weighted by molar-refractivity contribution is 14.0. The van der Waals surface area contributed by atoms with Gasteiger partial charge in [0.2, 0.25) is 0 Å². The normalized spacial score (nSPS) is 13.1. The van der Waals surface area contributed by atoms with Gasteiger partial charge in [0, 0.05) is 13.1 Å². The first-order valence-corrected chi connectivity index (χ1v) is 7.91. The molecule has 0 amide bonds. The van der Waals surface area contributed by atoms with Crippen molar-refractivity contribution >= 4 is 29.9 Å². The fourth-order valence-corrected chi connectivity index (χ4v) is 2.34. The number of likely N-dealkylation sites (N-methyl/N-ethyl adjacent to an activating group) is 1. The summed E-state index contributed by atoms with van der Waals surface area (Å²) < 4.78 is 0. The zero-order chi connectivity index (χ0) is 15.7. The Balaban J connectivity index is 0.00000441. The zero-order valence-corrected chi connectivity index (χ0v) is 16.6. The number of rotatable bonds is 8. The largest absolute Gasteiger partial charge is 0.370 e. The molecule has 0 saturated carbocycles.